The van der Waals surface area contributed by atoms with E-state index in [9.17, 15) is 0 Å². The third kappa shape index (κ3) is 3.58. The third-order valence-electron chi connectivity index (χ3n) is 3.28. The number of nitrogens with zero attached hydrogens (tertiary/aromatic N) is 1. The minimum Gasteiger partial charge on any atom is -0.313 e. The minimum absolute atomic E-state index is 0.713. The van der Waals surface area contributed by atoms with Gasteiger partial charge in [-0.1, -0.05) is 20.3 Å². The monoisotopic (exact) mass is 198 g/mol. The van der Waals surface area contributed by atoms with Crippen LogP contribution in [0.2, 0.25) is 0 Å². The van der Waals surface area contributed by atoms with Crippen LogP contribution in [0.3, 0.4) is 0 Å². The van der Waals surface area contributed by atoms with E-state index in [4.69, 9.17) is 0 Å². The van der Waals surface area contributed by atoms with Crippen LogP contribution in [0.1, 0.15) is 46.5 Å². The van der Waals surface area contributed by atoms with Crippen molar-refractivity contribution in [1.29, 1.82) is 0 Å². The summed E-state index contributed by atoms with van der Waals surface area (Å²) in [5, 5.41) is 3.59. The van der Waals surface area contributed by atoms with Gasteiger partial charge >= 0.3 is 0 Å². The van der Waals surface area contributed by atoms with Crippen molar-refractivity contribution in [2.24, 2.45) is 0 Å². The molecule has 1 aliphatic heterocycles. The quantitative estimate of drug-likeness (QED) is 0.704. The van der Waals surface area contributed by atoms with Crippen LogP contribution in [0.25, 0.3) is 0 Å². The predicted octanol–water partition coefficient (Wildman–Crippen LogP) is 2.25. The van der Waals surface area contributed by atoms with Crippen molar-refractivity contribution in [2.75, 3.05) is 19.6 Å². The molecule has 2 nitrogen and oxygen atoms in total. The molecule has 0 saturated carbocycles. The largest absolute Gasteiger partial charge is 0.313 e. The van der Waals surface area contributed by atoms with E-state index in [0.717, 1.165) is 12.6 Å². The molecule has 1 saturated heterocycles. The van der Waals surface area contributed by atoms with Crippen molar-refractivity contribution in [3.63, 3.8) is 0 Å². The maximum Gasteiger partial charge on any atom is 0.0194 e. The van der Waals surface area contributed by atoms with Crippen LogP contribution in [0.5, 0.6) is 0 Å². The molecule has 2 atom stereocenters. The average Bonchev–Trinajstić information content (AvgIpc) is 2.53. The van der Waals surface area contributed by atoms with Gasteiger partial charge in [0.1, 0.15) is 0 Å². The lowest BCUT2D eigenvalue weighted by molar-refractivity contribution is 0.232. The molecule has 0 aliphatic carbocycles. The SMILES string of the molecule is CCCC(CN1CCCC1C)NCC. The molecule has 1 heterocycles. The molecular formula is C12H26N2. The Bertz CT molecular complexity index is 141. The van der Waals surface area contributed by atoms with Crippen molar-refractivity contribution >= 4 is 0 Å². The summed E-state index contributed by atoms with van der Waals surface area (Å²) in [6, 6.07) is 1.53. The summed E-state index contributed by atoms with van der Waals surface area (Å²) < 4.78 is 0. The van der Waals surface area contributed by atoms with E-state index in [2.05, 4.69) is 31.0 Å². The summed E-state index contributed by atoms with van der Waals surface area (Å²) in [7, 11) is 0. The number of rotatable bonds is 6. The van der Waals surface area contributed by atoms with Crippen LogP contribution >= 0.6 is 0 Å². The molecule has 1 rings (SSSR count). The van der Waals surface area contributed by atoms with Crippen molar-refractivity contribution in [2.45, 2.75) is 58.5 Å². The molecule has 0 bridgehead atoms. The molecule has 1 N–H and O–H groups in total. The van der Waals surface area contributed by atoms with E-state index in [1.807, 2.05) is 0 Å². The summed E-state index contributed by atoms with van der Waals surface area (Å²) in [5.74, 6) is 0. The van der Waals surface area contributed by atoms with Gasteiger partial charge in [0, 0.05) is 18.6 Å². The van der Waals surface area contributed by atoms with E-state index in [0.29, 0.717) is 6.04 Å². The second kappa shape index (κ2) is 6.41. The topological polar surface area (TPSA) is 15.3 Å². The Hall–Kier alpha value is -0.0800. The lowest BCUT2D eigenvalue weighted by Gasteiger charge is -2.27. The Balaban J connectivity index is 2.29. The Morgan fingerprint density at radius 1 is 1.43 bits per heavy atom. The fourth-order valence-electron chi connectivity index (χ4n) is 2.44. The standard InChI is InChI=1S/C12H26N2/c1-4-7-12(13-5-2)10-14-9-6-8-11(14)3/h11-13H,4-10H2,1-3H3. The van der Waals surface area contributed by atoms with Gasteiger partial charge in [-0.05, 0) is 39.3 Å². The fraction of sp³-hybridized carbons (Fsp3) is 1.00. The van der Waals surface area contributed by atoms with Gasteiger partial charge in [0.25, 0.3) is 0 Å². The molecule has 2 unspecified atom stereocenters. The maximum absolute atomic E-state index is 3.59. The van der Waals surface area contributed by atoms with Gasteiger partial charge in [0.05, 0.1) is 0 Å². The molecule has 84 valence electrons. The smallest absolute Gasteiger partial charge is 0.0194 e. The number of hydrogen-bond donors (Lipinski definition) is 1. The third-order valence-corrected chi connectivity index (χ3v) is 3.28. The normalized spacial score (nSPS) is 25.5. The van der Waals surface area contributed by atoms with Crippen LogP contribution in [-0.4, -0.2) is 36.6 Å². The van der Waals surface area contributed by atoms with E-state index in [1.165, 1.54) is 38.8 Å². The molecule has 0 aromatic rings. The summed E-state index contributed by atoms with van der Waals surface area (Å²) in [6.07, 6.45) is 5.40. The molecule has 0 radical (unpaired) electrons. The Morgan fingerprint density at radius 3 is 2.71 bits per heavy atom. The number of likely N-dealkylation sites (tertiary alicyclic amines) is 1. The lowest BCUT2D eigenvalue weighted by atomic mass is 10.1. The number of nitrogens with one attached hydrogen (secondary N) is 1. The second-order valence-corrected chi connectivity index (χ2v) is 4.53. The first-order chi connectivity index (χ1) is 6.77. The average molecular weight is 198 g/mol. The van der Waals surface area contributed by atoms with Crippen molar-refractivity contribution in [1.82, 2.24) is 10.2 Å². The first-order valence-corrected chi connectivity index (χ1v) is 6.25. The molecule has 0 spiro atoms. The Labute approximate surface area is 89.1 Å². The molecule has 1 aliphatic rings. The van der Waals surface area contributed by atoms with Gasteiger partial charge < -0.3 is 5.32 Å². The summed E-state index contributed by atoms with van der Waals surface area (Å²) in [5.41, 5.74) is 0. The Kier molecular flexibility index (Phi) is 5.49. The second-order valence-electron chi connectivity index (χ2n) is 4.53. The highest BCUT2D eigenvalue weighted by Gasteiger charge is 2.22. The van der Waals surface area contributed by atoms with E-state index in [1.54, 1.807) is 0 Å². The van der Waals surface area contributed by atoms with Crippen LogP contribution in [0.4, 0.5) is 0 Å². The zero-order valence-corrected chi connectivity index (χ0v) is 10.1. The van der Waals surface area contributed by atoms with Crippen LogP contribution in [0.15, 0.2) is 0 Å². The van der Waals surface area contributed by atoms with Gasteiger partial charge in [-0.25, -0.2) is 0 Å². The van der Waals surface area contributed by atoms with Crippen molar-refractivity contribution < 1.29 is 0 Å². The molecule has 0 aromatic carbocycles. The summed E-state index contributed by atoms with van der Waals surface area (Å²) in [4.78, 5) is 2.64. The predicted molar refractivity (Wildman–Crippen MR) is 62.6 cm³/mol. The molecular weight excluding hydrogens is 172 g/mol. The Morgan fingerprint density at radius 2 is 2.21 bits per heavy atom. The molecule has 14 heavy (non-hydrogen) atoms. The van der Waals surface area contributed by atoms with Gasteiger partial charge in [0.2, 0.25) is 0 Å². The van der Waals surface area contributed by atoms with Gasteiger partial charge in [-0.2, -0.15) is 0 Å². The molecule has 1 fully saturated rings. The highest BCUT2D eigenvalue weighted by molar-refractivity contribution is 4.80. The maximum atomic E-state index is 3.59. The first-order valence-electron chi connectivity index (χ1n) is 6.25. The highest BCUT2D eigenvalue weighted by atomic mass is 15.2. The van der Waals surface area contributed by atoms with Crippen molar-refractivity contribution in [3.8, 4) is 0 Å². The first kappa shape index (κ1) is 12.0. The van der Waals surface area contributed by atoms with Gasteiger partial charge in [-0.15, -0.1) is 0 Å². The molecule has 2 heteroatoms. The number of hydrogen-bond acceptors (Lipinski definition) is 2. The lowest BCUT2D eigenvalue weighted by Crippen LogP contribution is -2.42. The van der Waals surface area contributed by atoms with Crippen molar-refractivity contribution in [3.05, 3.63) is 0 Å². The van der Waals surface area contributed by atoms with Gasteiger partial charge in [-0.3, -0.25) is 4.90 Å². The van der Waals surface area contributed by atoms with E-state index < -0.39 is 0 Å². The van der Waals surface area contributed by atoms with Gasteiger partial charge in [0.15, 0.2) is 0 Å². The van der Waals surface area contributed by atoms with E-state index in [-0.39, 0.29) is 0 Å². The zero-order chi connectivity index (χ0) is 10.4. The van der Waals surface area contributed by atoms with E-state index >= 15 is 0 Å². The molecule has 0 aromatic heterocycles. The van der Waals surface area contributed by atoms with Crippen LogP contribution in [0, 0.1) is 0 Å². The van der Waals surface area contributed by atoms with Crippen LogP contribution < -0.4 is 5.32 Å². The zero-order valence-electron chi connectivity index (χ0n) is 10.1. The fourth-order valence-corrected chi connectivity index (χ4v) is 2.44. The highest BCUT2D eigenvalue weighted by Crippen LogP contribution is 2.17. The minimum atomic E-state index is 0.713. The summed E-state index contributed by atoms with van der Waals surface area (Å²) >= 11 is 0. The number of likely N-dealkylation sites (N-methyl/N-ethyl adjacent to an activating group) is 1. The molecule has 0 amide bonds. The summed E-state index contributed by atoms with van der Waals surface area (Å²) in [6.45, 7) is 10.5. The van der Waals surface area contributed by atoms with Crippen LogP contribution in [-0.2, 0) is 0 Å².